The summed E-state index contributed by atoms with van der Waals surface area (Å²) in [6, 6.07) is 5.62. The van der Waals surface area contributed by atoms with E-state index in [2.05, 4.69) is 20.1 Å². The van der Waals surface area contributed by atoms with E-state index in [4.69, 9.17) is 0 Å². The van der Waals surface area contributed by atoms with Gasteiger partial charge in [-0.2, -0.15) is 31.4 Å². The average molecular weight is 505 g/mol. The molecule has 36 heavy (non-hydrogen) atoms. The number of fused-ring (bicyclic) bond motifs is 1. The normalized spacial score (nSPS) is 12.9. The number of allylic oxidation sites excluding steroid dienone is 1. The van der Waals surface area contributed by atoms with Crippen LogP contribution in [0.2, 0.25) is 0 Å². The van der Waals surface area contributed by atoms with Crippen molar-refractivity contribution in [1.82, 2.24) is 24.7 Å². The Morgan fingerprint density at radius 2 is 1.53 bits per heavy atom. The van der Waals surface area contributed by atoms with Gasteiger partial charge in [-0.25, -0.2) is 14.6 Å². The minimum Gasteiger partial charge on any atom is -0.285 e. The Morgan fingerprint density at radius 1 is 0.917 bits per heavy atom. The van der Waals surface area contributed by atoms with Gasteiger partial charge in [-0.15, -0.1) is 0 Å². The van der Waals surface area contributed by atoms with E-state index in [0.29, 0.717) is 5.69 Å². The predicted octanol–water partition coefficient (Wildman–Crippen LogP) is 5.79. The van der Waals surface area contributed by atoms with Gasteiger partial charge in [-0.1, -0.05) is 6.07 Å². The number of hydrogen-bond donors (Lipinski definition) is 0. The van der Waals surface area contributed by atoms with Gasteiger partial charge in [0.1, 0.15) is 22.6 Å². The zero-order valence-electron chi connectivity index (χ0n) is 19.0. The smallest absolute Gasteiger partial charge is 0.285 e. The molecule has 0 aromatic carbocycles. The molecule has 0 radical (unpaired) electrons. The third-order valence-corrected chi connectivity index (χ3v) is 5.42. The van der Waals surface area contributed by atoms with E-state index in [1.165, 1.54) is 29.8 Å². The Labute approximate surface area is 200 Å². The van der Waals surface area contributed by atoms with Gasteiger partial charge in [-0.05, 0) is 67.8 Å². The Balaban J connectivity index is 1.90. The van der Waals surface area contributed by atoms with Crippen molar-refractivity contribution < 1.29 is 26.3 Å². The first-order valence-corrected chi connectivity index (χ1v) is 10.4. The molecule has 12 heteroatoms. The molecule has 0 spiro atoms. The van der Waals surface area contributed by atoms with Gasteiger partial charge in [0, 0.05) is 11.9 Å². The fraction of sp³-hybridized carbons (Fsp3) is 0.208. The van der Waals surface area contributed by atoms with E-state index in [9.17, 15) is 31.1 Å². The van der Waals surface area contributed by atoms with Crippen molar-refractivity contribution in [3.63, 3.8) is 0 Å². The SMILES string of the molecule is C/C(=C\c1ccc(C(F)(F)F)nc1)c1nn(-c2ccc(C(F)(F)F)nc2)c2cc(C)c(C)nc2c1=O. The first-order chi connectivity index (χ1) is 16.8. The Morgan fingerprint density at radius 3 is 2.06 bits per heavy atom. The quantitative estimate of drug-likeness (QED) is 0.330. The molecule has 4 aromatic rings. The number of pyridine rings is 3. The maximum absolute atomic E-state index is 13.3. The predicted molar refractivity (Wildman–Crippen MR) is 120 cm³/mol. The second kappa shape index (κ2) is 8.85. The van der Waals surface area contributed by atoms with Crippen LogP contribution in [0.1, 0.15) is 40.8 Å². The van der Waals surface area contributed by atoms with E-state index < -0.39 is 29.2 Å². The number of halogens is 6. The Hall–Kier alpha value is -4.09. The number of alkyl halides is 6. The van der Waals surface area contributed by atoms with E-state index in [1.807, 2.05) is 0 Å². The van der Waals surface area contributed by atoms with Crippen LogP contribution < -0.4 is 5.43 Å². The lowest BCUT2D eigenvalue weighted by molar-refractivity contribution is -0.141. The summed E-state index contributed by atoms with van der Waals surface area (Å²) in [6.07, 6.45) is -5.80. The van der Waals surface area contributed by atoms with E-state index in [-0.39, 0.29) is 33.6 Å². The molecule has 0 bridgehead atoms. The van der Waals surface area contributed by atoms with Crippen LogP contribution in [-0.2, 0) is 12.4 Å². The molecule has 0 aliphatic heterocycles. The van der Waals surface area contributed by atoms with Gasteiger partial charge in [0.05, 0.1) is 17.4 Å². The van der Waals surface area contributed by atoms with Gasteiger partial charge in [0.25, 0.3) is 0 Å². The molecule has 0 fully saturated rings. The monoisotopic (exact) mass is 505 g/mol. The third kappa shape index (κ3) is 4.83. The zero-order valence-corrected chi connectivity index (χ0v) is 19.0. The van der Waals surface area contributed by atoms with Crippen LogP contribution >= 0.6 is 0 Å². The number of aromatic nitrogens is 5. The Kier molecular flexibility index (Phi) is 6.15. The topological polar surface area (TPSA) is 73.6 Å². The fourth-order valence-electron chi connectivity index (χ4n) is 3.44. The van der Waals surface area contributed by atoms with Crippen molar-refractivity contribution >= 4 is 22.7 Å². The molecular weight excluding hydrogens is 488 g/mol. The standard InChI is InChI=1S/C24H17F6N5O/c1-12-9-17-21(33-14(12)3)22(36)20(13(2)8-15-4-6-18(31-10-15)23(25,26)27)34-35(17)16-5-7-19(32-11-16)24(28,29)30/h4-11H,1-3H3/b13-8+. The van der Waals surface area contributed by atoms with Crippen LogP contribution in [0.15, 0.2) is 47.5 Å². The fourth-order valence-corrected chi connectivity index (χ4v) is 3.44. The number of rotatable bonds is 3. The van der Waals surface area contributed by atoms with Crippen molar-refractivity contribution in [2.24, 2.45) is 0 Å². The van der Waals surface area contributed by atoms with E-state index in [0.717, 1.165) is 30.1 Å². The maximum Gasteiger partial charge on any atom is 0.433 e. The first-order valence-electron chi connectivity index (χ1n) is 10.4. The van der Waals surface area contributed by atoms with Crippen LogP contribution in [0, 0.1) is 13.8 Å². The van der Waals surface area contributed by atoms with Crippen LogP contribution in [-0.4, -0.2) is 24.7 Å². The minimum absolute atomic E-state index is 0.0290. The van der Waals surface area contributed by atoms with Gasteiger partial charge >= 0.3 is 12.4 Å². The molecule has 6 nitrogen and oxygen atoms in total. The van der Waals surface area contributed by atoms with Crippen molar-refractivity contribution in [2.45, 2.75) is 33.1 Å². The number of aryl methyl sites for hydroxylation is 2. The summed E-state index contributed by atoms with van der Waals surface area (Å²) < 4.78 is 78.6. The molecule has 0 amide bonds. The lowest BCUT2D eigenvalue weighted by atomic mass is 10.1. The maximum atomic E-state index is 13.3. The zero-order chi connectivity index (χ0) is 26.4. The highest BCUT2D eigenvalue weighted by atomic mass is 19.4. The third-order valence-electron chi connectivity index (χ3n) is 5.42. The highest BCUT2D eigenvalue weighted by molar-refractivity contribution is 5.84. The van der Waals surface area contributed by atoms with Gasteiger partial charge in [0.15, 0.2) is 0 Å². The van der Waals surface area contributed by atoms with E-state index in [1.54, 1.807) is 19.9 Å². The molecule has 0 aliphatic carbocycles. The molecule has 0 unspecified atom stereocenters. The molecule has 0 saturated carbocycles. The summed E-state index contributed by atoms with van der Waals surface area (Å²) in [4.78, 5) is 24.5. The molecule has 0 atom stereocenters. The molecule has 4 rings (SSSR count). The summed E-state index contributed by atoms with van der Waals surface area (Å²) in [7, 11) is 0. The van der Waals surface area contributed by atoms with Crippen molar-refractivity contribution in [3.8, 4) is 5.69 Å². The van der Waals surface area contributed by atoms with Crippen molar-refractivity contribution in [2.75, 3.05) is 0 Å². The van der Waals surface area contributed by atoms with Gasteiger partial charge in [-0.3, -0.25) is 9.78 Å². The number of hydrogen-bond acceptors (Lipinski definition) is 5. The largest absolute Gasteiger partial charge is 0.433 e. The molecule has 4 heterocycles. The number of nitrogens with zero attached hydrogens (tertiary/aromatic N) is 5. The highest BCUT2D eigenvalue weighted by Crippen LogP contribution is 2.29. The summed E-state index contributed by atoms with van der Waals surface area (Å²) in [6.45, 7) is 5.00. The van der Waals surface area contributed by atoms with Gasteiger partial charge in [0.2, 0.25) is 5.43 Å². The van der Waals surface area contributed by atoms with Crippen molar-refractivity contribution in [1.29, 1.82) is 0 Å². The van der Waals surface area contributed by atoms with Gasteiger partial charge < -0.3 is 0 Å². The molecule has 0 N–H and O–H groups in total. The average Bonchev–Trinajstić information content (AvgIpc) is 2.80. The van der Waals surface area contributed by atoms with Crippen LogP contribution in [0.25, 0.3) is 28.4 Å². The van der Waals surface area contributed by atoms with Crippen LogP contribution in [0.4, 0.5) is 26.3 Å². The second-order valence-electron chi connectivity index (χ2n) is 8.05. The molecule has 0 aliphatic rings. The second-order valence-corrected chi connectivity index (χ2v) is 8.05. The molecular formula is C24H17F6N5O. The first kappa shape index (κ1) is 25.0. The summed E-state index contributed by atoms with van der Waals surface area (Å²) >= 11 is 0. The van der Waals surface area contributed by atoms with Crippen molar-refractivity contribution in [3.05, 3.63) is 86.9 Å². The van der Waals surface area contributed by atoms with Crippen LogP contribution in [0.3, 0.4) is 0 Å². The minimum atomic E-state index is -4.63. The summed E-state index contributed by atoms with van der Waals surface area (Å²) in [5.74, 6) is 0. The lowest BCUT2D eigenvalue weighted by Crippen LogP contribution is -2.19. The Bertz CT molecular complexity index is 1540. The summed E-state index contributed by atoms with van der Waals surface area (Å²) in [5, 5.41) is 4.36. The van der Waals surface area contributed by atoms with E-state index >= 15 is 0 Å². The highest BCUT2D eigenvalue weighted by Gasteiger charge is 2.33. The molecule has 186 valence electrons. The molecule has 4 aromatic heterocycles. The lowest BCUT2D eigenvalue weighted by Gasteiger charge is -2.14. The van der Waals surface area contributed by atoms with Crippen LogP contribution in [0.5, 0.6) is 0 Å². The molecule has 0 saturated heterocycles. The summed E-state index contributed by atoms with van der Waals surface area (Å²) in [5.41, 5.74) is -0.454.